The number of pyridine rings is 1. The van der Waals surface area contributed by atoms with E-state index in [0.29, 0.717) is 30.2 Å². The van der Waals surface area contributed by atoms with Crippen LogP contribution in [0.5, 0.6) is 11.5 Å². The molecule has 4 nitrogen and oxygen atoms in total. The maximum absolute atomic E-state index is 11.3. The summed E-state index contributed by atoms with van der Waals surface area (Å²) in [6.45, 7) is 0.431. The molecule has 0 aliphatic carbocycles. The second-order valence-corrected chi connectivity index (χ2v) is 2.74. The van der Waals surface area contributed by atoms with Gasteiger partial charge in [0, 0.05) is 12.5 Å². The third-order valence-electron chi connectivity index (χ3n) is 1.91. The van der Waals surface area contributed by atoms with E-state index in [1.54, 1.807) is 13.2 Å². The number of aromatic nitrogens is 1. The van der Waals surface area contributed by atoms with Gasteiger partial charge in [-0.05, 0) is 0 Å². The maximum atomic E-state index is 11.3. The second-order valence-electron chi connectivity index (χ2n) is 2.74. The summed E-state index contributed by atoms with van der Waals surface area (Å²) in [4.78, 5) is 15.3. The fraction of sp³-hybridized carbons (Fsp3) is 0.333. The van der Waals surface area contributed by atoms with Gasteiger partial charge in [0.25, 0.3) is 0 Å². The number of methoxy groups -OCH3 is 1. The normalized spacial score (nSPS) is 14.7. The van der Waals surface area contributed by atoms with Gasteiger partial charge < -0.3 is 9.47 Å². The Balaban J connectivity index is 2.45. The van der Waals surface area contributed by atoms with Crippen LogP contribution in [0.2, 0.25) is 0 Å². The van der Waals surface area contributed by atoms with Crippen molar-refractivity contribution in [2.24, 2.45) is 0 Å². The first-order valence-corrected chi connectivity index (χ1v) is 4.01. The number of Topliss-reactive ketones (excluding diaryl/α,β-unsaturated/α-hetero) is 1. The highest BCUT2D eigenvalue weighted by Crippen LogP contribution is 2.26. The zero-order valence-electron chi connectivity index (χ0n) is 7.24. The molecule has 2 rings (SSSR count). The van der Waals surface area contributed by atoms with E-state index in [4.69, 9.17) is 9.47 Å². The number of ketones is 1. The summed E-state index contributed by atoms with van der Waals surface area (Å²) in [5.41, 5.74) is 0.409. The molecule has 2 heterocycles. The van der Waals surface area contributed by atoms with Crippen molar-refractivity contribution in [1.29, 1.82) is 0 Å². The van der Waals surface area contributed by atoms with E-state index in [9.17, 15) is 4.79 Å². The SMILES string of the molecule is COc1cnc2c(c1)OCCC2=O. The van der Waals surface area contributed by atoms with Gasteiger partial charge in [0.1, 0.15) is 11.4 Å². The number of ether oxygens (including phenoxy) is 2. The van der Waals surface area contributed by atoms with Gasteiger partial charge in [-0.2, -0.15) is 0 Å². The molecular formula is C9H9NO3. The van der Waals surface area contributed by atoms with E-state index in [1.165, 1.54) is 6.20 Å². The average Bonchev–Trinajstić information content (AvgIpc) is 2.18. The highest BCUT2D eigenvalue weighted by Gasteiger charge is 2.20. The Hall–Kier alpha value is -1.58. The zero-order valence-corrected chi connectivity index (χ0v) is 7.24. The van der Waals surface area contributed by atoms with Crippen LogP contribution < -0.4 is 9.47 Å². The van der Waals surface area contributed by atoms with Crippen molar-refractivity contribution < 1.29 is 14.3 Å². The molecule has 0 unspecified atom stereocenters. The third-order valence-corrected chi connectivity index (χ3v) is 1.91. The van der Waals surface area contributed by atoms with Crippen LogP contribution in [0.25, 0.3) is 0 Å². The first-order chi connectivity index (χ1) is 6.31. The van der Waals surface area contributed by atoms with Crippen LogP contribution in [0.3, 0.4) is 0 Å². The minimum absolute atomic E-state index is 0.0314. The van der Waals surface area contributed by atoms with Gasteiger partial charge in [-0.25, -0.2) is 4.98 Å². The number of hydrogen-bond donors (Lipinski definition) is 0. The lowest BCUT2D eigenvalue weighted by atomic mass is 10.1. The van der Waals surface area contributed by atoms with Gasteiger partial charge in [0.15, 0.2) is 11.5 Å². The predicted octanol–water partition coefficient (Wildman–Crippen LogP) is 1.06. The number of fused-ring (bicyclic) bond motifs is 1. The summed E-state index contributed by atoms with van der Waals surface area (Å²) < 4.78 is 10.2. The van der Waals surface area contributed by atoms with Crippen LogP contribution in [-0.4, -0.2) is 24.5 Å². The van der Waals surface area contributed by atoms with Crippen molar-refractivity contribution in [3.05, 3.63) is 18.0 Å². The summed E-state index contributed by atoms with van der Waals surface area (Å²) in [7, 11) is 1.55. The topological polar surface area (TPSA) is 48.4 Å². The quantitative estimate of drug-likeness (QED) is 0.646. The highest BCUT2D eigenvalue weighted by molar-refractivity contribution is 5.97. The van der Waals surface area contributed by atoms with E-state index in [1.807, 2.05) is 0 Å². The van der Waals surface area contributed by atoms with Crippen molar-refractivity contribution in [2.75, 3.05) is 13.7 Å². The number of hydrogen-bond acceptors (Lipinski definition) is 4. The Morgan fingerprint density at radius 2 is 2.46 bits per heavy atom. The molecule has 0 saturated heterocycles. The molecule has 0 N–H and O–H groups in total. The fourth-order valence-corrected chi connectivity index (χ4v) is 1.23. The van der Waals surface area contributed by atoms with Gasteiger partial charge in [-0.1, -0.05) is 0 Å². The first-order valence-electron chi connectivity index (χ1n) is 4.01. The molecule has 0 spiro atoms. The van der Waals surface area contributed by atoms with Crippen LogP contribution >= 0.6 is 0 Å². The molecule has 13 heavy (non-hydrogen) atoms. The van der Waals surface area contributed by atoms with E-state index < -0.39 is 0 Å². The Morgan fingerprint density at radius 1 is 1.62 bits per heavy atom. The predicted molar refractivity (Wildman–Crippen MR) is 45.2 cm³/mol. The van der Waals surface area contributed by atoms with Gasteiger partial charge in [-0.15, -0.1) is 0 Å². The first kappa shape index (κ1) is 8.04. The van der Waals surface area contributed by atoms with Crippen LogP contribution in [0, 0.1) is 0 Å². The van der Waals surface area contributed by atoms with Gasteiger partial charge in [0.05, 0.1) is 19.9 Å². The summed E-state index contributed by atoms with van der Waals surface area (Å²) in [6.07, 6.45) is 1.93. The largest absolute Gasteiger partial charge is 0.495 e. The zero-order chi connectivity index (χ0) is 9.26. The summed E-state index contributed by atoms with van der Waals surface area (Å²) in [5.74, 6) is 1.16. The lowest BCUT2D eigenvalue weighted by molar-refractivity contribution is 0.0926. The standard InChI is InChI=1S/C9H9NO3/c1-12-6-4-8-9(10-5-6)7(11)2-3-13-8/h4-5H,2-3H2,1H3. The van der Waals surface area contributed by atoms with Gasteiger partial charge >= 0.3 is 0 Å². The molecule has 1 aromatic heterocycles. The van der Waals surface area contributed by atoms with Crippen LogP contribution in [0.1, 0.15) is 16.9 Å². The lowest BCUT2D eigenvalue weighted by Gasteiger charge is -2.15. The third kappa shape index (κ3) is 1.35. The molecule has 0 aromatic carbocycles. The van der Waals surface area contributed by atoms with E-state index >= 15 is 0 Å². The molecule has 1 aliphatic rings. The van der Waals surface area contributed by atoms with Crippen LogP contribution in [0.15, 0.2) is 12.3 Å². The smallest absolute Gasteiger partial charge is 0.188 e. The van der Waals surface area contributed by atoms with E-state index in [-0.39, 0.29) is 5.78 Å². The second kappa shape index (κ2) is 3.05. The van der Waals surface area contributed by atoms with Crippen LogP contribution in [0.4, 0.5) is 0 Å². The Bertz CT molecular complexity index is 349. The average molecular weight is 179 g/mol. The maximum Gasteiger partial charge on any atom is 0.188 e. The minimum Gasteiger partial charge on any atom is -0.495 e. The molecular weight excluding hydrogens is 170 g/mol. The van der Waals surface area contributed by atoms with Crippen molar-refractivity contribution in [3.63, 3.8) is 0 Å². The van der Waals surface area contributed by atoms with Crippen molar-refractivity contribution in [1.82, 2.24) is 4.98 Å². The molecule has 68 valence electrons. The molecule has 0 atom stereocenters. The lowest BCUT2D eigenvalue weighted by Crippen LogP contribution is -2.16. The minimum atomic E-state index is 0.0314. The number of carbonyl (C=O) groups excluding carboxylic acids is 1. The molecule has 0 radical (unpaired) electrons. The molecule has 0 bridgehead atoms. The summed E-state index contributed by atoms with van der Waals surface area (Å²) >= 11 is 0. The Labute approximate surface area is 75.5 Å². The molecule has 1 aromatic rings. The fourth-order valence-electron chi connectivity index (χ4n) is 1.23. The number of carbonyl (C=O) groups is 1. The molecule has 1 aliphatic heterocycles. The van der Waals surface area contributed by atoms with E-state index in [0.717, 1.165) is 0 Å². The summed E-state index contributed by atoms with van der Waals surface area (Å²) in [6, 6.07) is 1.68. The Kier molecular flexibility index (Phi) is 1.88. The molecule has 4 heteroatoms. The molecule has 0 saturated carbocycles. The van der Waals surface area contributed by atoms with Gasteiger partial charge in [-0.3, -0.25) is 4.79 Å². The number of rotatable bonds is 1. The highest BCUT2D eigenvalue weighted by atomic mass is 16.5. The van der Waals surface area contributed by atoms with Crippen molar-refractivity contribution >= 4 is 5.78 Å². The van der Waals surface area contributed by atoms with Crippen molar-refractivity contribution in [3.8, 4) is 11.5 Å². The number of nitrogens with zero attached hydrogens (tertiary/aromatic N) is 1. The van der Waals surface area contributed by atoms with Crippen molar-refractivity contribution in [2.45, 2.75) is 6.42 Å². The van der Waals surface area contributed by atoms with Crippen LogP contribution in [-0.2, 0) is 0 Å². The molecule has 0 amide bonds. The Morgan fingerprint density at radius 3 is 3.23 bits per heavy atom. The monoisotopic (exact) mass is 179 g/mol. The summed E-state index contributed by atoms with van der Waals surface area (Å²) in [5, 5.41) is 0. The van der Waals surface area contributed by atoms with Gasteiger partial charge in [0.2, 0.25) is 0 Å². The van der Waals surface area contributed by atoms with E-state index in [2.05, 4.69) is 4.98 Å². The molecule has 0 fully saturated rings.